The van der Waals surface area contributed by atoms with E-state index in [-0.39, 0.29) is 42.6 Å². The fourth-order valence-corrected chi connectivity index (χ4v) is 7.15. The molecule has 1 fully saturated rings. The highest BCUT2D eigenvalue weighted by atomic mass is 32.2. The zero-order valence-corrected chi connectivity index (χ0v) is 23.6. The number of amides is 1. The molecule has 2 atom stereocenters. The Morgan fingerprint density at radius 2 is 1.87 bits per heavy atom. The summed E-state index contributed by atoms with van der Waals surface area (Å²) in [7, 11) is -3.72. The molecule has 3 heterocycles. The molecule has 0 aliphatic carbocycles. The SMILES string of the molecule is CCOc1ccc2nc(N(Cc3cccnc3)C(=O)c3ccc(S(=O)(=O)N4CC(C)OC(C)C4)cc3)sc2c1. The van der Waals surface area contributed by atoms with Crippen molar-refractivity contribution in [2.24, 2.45) is 0 Å². The molecule has 2 aromatic heterocycles. The van der Waals surface area contributed by atoms with Gasteiger partial charge in [0.15, 0.2) is 5.13 Å². The Labute approximate surface area is 232 Å². The summed E-state index contributed by atoms with van der Waals surface area (Å²) < 4.78 is 40.2. The first kappa shape index (κ1) is 27.2. The molecular weight excluding hydrogens is 536 g/mol. The summed E-state index contributed by atoms with van der Waals surface area (Å²) in [4.78, 5) is 24.5. The topological polar surface area (TPSA) is 102 Å². The Morgan fingerprint density at radius 3 is 2.54 bits per heavy atom. The zero-order valence-electron chi connectivity index (χ0n) is 22.0. The lowest BCUT2D eigenvalue weighted by Gasteiger charge is -2.34. The number of nitrogens with zero attached hydrogens (tertiary/aromatic N) is 4. The van der Waals surface area contributed by atoms with Crippen molar-refractivity contribution in [1.82, 2.24) is 14.3 Å². The standard InChI is InChI=1S/C28H30N4O5S2/c1-4-36-23-9-12-25-26(14-23)38-28(30-25)32(18-21-6-5-13-29-15-21)27(33)22-7-10-24(11-8-22)39(34,35)31-16-19(2)37-20(3)17-31/h5-15,19-20H,4,16-18H2,1-3H3. The van der Waals surface area contributed by atoms with Gasteiger partial charge in [0.1, 0.15) is 5.75 Å². The molecule has 1 saturated heterocycles. The lowest BCUT2D eigenvalue weighted by atomic mass is 10.2. The van der Waals surface area contributed by atoms with Gasteiger partial charge in [0, 0.05) is 31.0 Å². The van der Waals surface area contributed by atoms with Gasteiger partial charge in [-0.25, -0.2) is 13.4 Å². The van der Waals surface area contributed by atoms with Gasteiger partial charge in [-0.3, -0.25) is 14.7 Å². The van der Waals surface area contributed by atoms with Crippen LogP contribution in [0.25, 0.3) is 10.2 Å². The fourth-order valence-electron chi connectivity index (χ4n) is 4.57. The average Bonchev–Trinajstić information content (AvgIpc) is 3.35. The van der Waals surface area contributed by atoms with Gasteiger partial charge in [-0.2, -0.15) is 4.31 Å². The van der Waals surface area contributed by atoms with Crippen molar-refractivity contribution in [3.05, 3.63) is 78.1 Å². The van der Waals surface area contributed by atoms with E-state index in [0.717, 1.165) is 21.5 Å². The van der Waals surface area contributed by atoms with E-state index < -0.39 is 10.0 Å². The third-order valence-corrected chi connectivity index (χ3v) is 9.21. The summed E-state index contributed by atoms with van der Waals surface area (Å²) in [6, 6.07) is 15.5. The van der Waals surface area contributed by atoms with Crippen LogP contribution in [0.1, 0.15) is 36.7 Å². The summed E-state index contributed by atoms with van der Waals surface area (Å²) in [5.74, 6) is 0.451. The van der Waals surface area contributed by atoms with Crippen LogP contribution in [0.3, 0.4) is 0 Å². The lowest BCUT2D eigenvalue weighted by molar-refractivity contribution is -0.0440. The average molecular weight is 567 g/mol. The number of anilines is 1. The summed E-state index contributed by atoms with van der Waals surface area (Å²) >= 11 is 1.39. The lowest BCUT2D eigenvalue weighted by Crippen LogP contribution is -2.48. The normalized spacial score (nSPS) is 18.2. The van der Waals surface area contributed by atoms with Crippen molar-refractivity contribution in [3.63, 3.8) is 0 Å². The summed E-state index contributed by atoms with van der Waals surface area (Å²) in [6.45, 7) is 7.03. The number of sulfonamides is 1. The van der Waals surface area contributed by atoms with Gasteiger partial charge in [-0.15, -0.1) is 0 Å². The highest BCUT2D eigenvalue weighted by molar-refractivity contribution is 7.89. The highest BCUT2D eigenvalue weighted by Crippen LogP contribution is 2.33. The number of rotatable bonds is 8. The second-order valence-corrected chi connectivity index (χ2v) is 12.4. The third kappa shape index (κ3) is 5.96. The Balaban J connectivity index is 1.45. The number of aromatic nitrogens is 2. The Morgan fingerprint density at radius 1 is 1.13 bits per heavy atom. The van der Waals surface area contributed by atoms with Crippen LogP contribution in [0.2, 0.25) is 0 Å². The fraction of sp³-hybridized carbons (Fsp3) is 0.321. The number of hydrogen-bond donors (Lipinski definition) is 0. The quantitative estimate of drug-likeness (QED) is 0.304. The predicted molar refractivity (Wildman–Crippen MR) is 151 cm³/mol. The number of carbonyl (C=O) groups excluding carboxylic acids is 1. The number of pyridine rings is 1. The largest absolute Gasteiger partial charge is 0.494 e. The number of fused-ring (bicyclic) bond motifs is 1. The molecule has 204 valence electrons. The minimum absolute atomic E-state index is 0.141. The number of thiazole rings is 1. The van der Waals surface area contributed by atoms with Crippen molar-refractivity contribution in [2.75, 3.05) is 24.6 Å². The minimum Gasteiger partial charge on any atom is -0.494 e. The molecule has 4 aromatic rings. The number of ether oxygens (including phenoxy) is 2. The third-order valence-electron chi connectivity index (χ3n) is 6.32. The molecule has 5 rings (SSSR count). The van der Waals surface area contributed by atoms with E-state index in [0.29, 0.717) is 17.3 Å². The maximum atomic E-state index is 13.8. The first-order valence-electron chi connectivity index (χ1n) is 12.7. The molecule has 0 saturated carbocycles. The highest BCUT2D eigenvalue weighted by Gasteiger charge is 2.32. The van der Waals surface area contributed by atoms with Crippen molar-refractivity contribution in [3.8, 4) is 5.75 Å². The van der Waals surface area contributed by atoms with E-state index in [1.807, 2.05) is 51.1 Å². The van der Waals surface area contributed by atoms with Gasteiger partial charge in [-0.1, -0.05) is 17.4 Å². The van der Waals surface area contributed by atoms with Gasteiger partial charge in [0.2, 0.25) is 10.0 Å². The van der Waals surface area contributed by atoms with Crippen LogP contribution in [0.15, 0.2) is 71.9 Å². The molecular formula is C28H30N4O5S2. The van der Waals surface area contributed by atoms with Crippen LogP contribution >= 0.6 is 11.3 Å². The van der Waals surface area contributed by atoms with Crippen LogP contribution in [0.5, 0.6) is 5.75 Å². The van der Waals surface area contributed by atoms with Crippen LogP contribution in [-0.2, 0) is 21.3 Å². The van der Waals surface area contributed by atoms with Gasteiger partial charge >= 0.3 is 0 Å². The Bertz CT molecular complexity index is 1550. The first-order chi connectivity index (χ1) is 18.7. The van der Waals surface area contributed by atoms with E-state index in [1.165, 1.54) is 27.8 Å². The molecule has 2 unspecified atom stereocenters. The monoisotopic (exact) mass is 566 g/mol. The molecule has 11 heteroatoms. The van der Waals surface area contributed by atoms with Crippen LogP contribution in [0, 0.1) is 0 Å². The number of benzene rings is 2. The van der Waals surface area contributed by atoms with E-state index in [9.17, 15) is 13.2 Å². The molecule has 0 bridgehead atoms. The van der Waals surface area contributed by atoms with E-state index in [1.54, 1.807) is 29.4 Å². The Hall–Kier alpha value is -3.38. The number of morpholine rings is 1. The zero-order chi connectivity index (χ0) is 27.6. The second-order valence-electron chi connectivity index (χ2n) is 9.42. The van der Waals surface area contributed by atoms with E-state index >= 15 is 0 Å². The first-order valence-corrected chi connectivity index (χ1v) is 15.0. The van der Waals surface area contributed by atoms with Crippen molar-refractivity contribution >= 4 is 42.6 Å². The van der Waals surface area contributed by atoms with Gasteiger partial charge in [0.25, 0.3) is 5.91 Å². The molecule has 0 radical (unpaired) electrons. The Kier molecular flexibility index (Phi) is 7.94. The maximum absolute atomic E-state index is 13.8. The molecule has 0 spiro atoms. The van der Waals surface area contributed by atoms with Crippen molar-refractivity contribution in [1.29, 1.82) is 0 Å². The molecule has 39 heavy (non-hydrogen) atoms. The number of hydrogen-bond acceptors (Lipinski definition) is 8. The maximum Gasteiger partial charge on any atom is 0.260 e. The molecule has 9 nitrogen and oxygen atoms in total. The van der Waals surface area contributed by atoms with E-state index in [4.69, 9.17) is 14.5 Å². The van der Waals surface area contributed by atoms with Gasteiger partial charge < -0.3 is 9.47 Å². The number of carbonyl (C=O) groups is 1. The molecule has 1 aliphatic heterocycles. The predicted octanol–water partition coefficient (Wildman–Crippen LogP) is 4.73. The van der Waals surface area contributed by atoms with Gasteiger partial charge in [-0.05, 0) is 74.9 Å². The smallest absolute Gasteiger partial charge is 0.260 e. The minimum atomic E-state index is -3.72. The van der Waals surface area contributed by atoms with E-state index in [2.05, 4.69) is 4.98 Å². The molecule has 1 amide bonds. The van der Waals surface area contributed by atoms with Gasteiger partial charge in [0.05, 0.1) is 40.5 Å². The summed E-state index contributed by atoms with van der Waals surface area (Å²) in [5, 5.41) is 0.528. The van der Waals surface area contributed by atoms with Crippen LogP contribution < -0.4 is 9.64 Å². The van der Waals surface area contributed by atoms with Crippen molar-refractivity contribution < 1.29 is 22.7 Å². The van der Waals surface area contributed by atoms with Crippen LogP contribution in [-0.4, -0.2) is 60.5 Å². The molecule has 0 N–H and O–H groups in total. The second kappa shape index (κ2) is 11.4. The summed E-state index contributed by atoms with van der Waals surface area (Å²) in [5.41, 5.74) is 1.96. The van der Waals surface area contributed by atoms with Crippen molar-refractivity contribution in [2.45, 2.75) is 44.4 Å². The summed E-state index contributed by atoms with van der Waals surface area (Å²) in [6.07, 6.45) is 3.01. The molecule has 2 aromatic carbocycles. The van der Waals surface area contributed by atoms with Crippen LogP contribution in [0.4, 0.5) is 5.13 Å². The molecule has 1 aliphatic rings.